The van der Waals surface area contributed by atoms with Gasteiger partial charge < -0.3 is 15.1 Å². The fourth-order valence-electron chi connectivity index (χ4n) is 3.49. The van der Waals surface area contributed by atoms with Crippen molar-refractivity contribution in [3.8, 4) is 0 Å². The Bertz CT molecular complexity index is 777. The van der Waals surface area contributed by atoms with Gasteiger partial charge in [0.25, 0.3) is 0 Å². The maximum atomic E-state index is 12.6. The van der Waals surface area contributed by atoms with E-state index in [0.717, 1.165) is 37.4 Å². The summed E-state index contributed by atoms with van der Waals surface area (Å²) in [5.41, 5.74) is 5.91. The first-order chi connectivity index (χ1) is 12.5. The molecule has 138 valence electrons. The van der Waals surface area contributed by atoms with E-state index in [1.54, 1.807) is 0 Å². The standard InChI is InChI=1S/C22H29N3O/c1-16(2)19-9-5-6-11-21(19)24-12-14-25(15-13-24)22(26)23-20-10-7-8-17(3)18(20)4/h5-11,16H,12-15H2,1-4H3,(H,23,26). The molecule has 1 aliphatic rings. The molecule has 0 aliphatic carbocycles. The summed E-state index contributed by atoms with van der Waals surface area (Å²) in [5, 5.41) is 3.07. The predicted octanol–water partition coefficient (Wildman–Crippen LogP) is 4.78. The average molecular weight is 351 g/mol. The number of piperazine rings is 1. The molecule has 0 bridgehead atoms. The maximum Gasteiger partial charge on any atom is 0.321 e. The SMILES string of the molecule is Cc1cccc(NC(=O)N2CCN(c3ccccc3C(C)C)CC2)c1C. The topological polar surface area (TPSA) is 35.6 Å². The molecule has 4 nitrogen and oxygen atoms in total. The molecule has 0 saturated carbocycles. The third-order valence-corrected chi connectivity index (χ3v) is 5.31. The molecule has 0 spiro atoms. The molecule has 1 fully saturated rings. The highest BCUT2D eigenvalue weighted by molar-refractivity contribution is 5.90. The first-order valence-electron chi connectivity index (χ1n) is 9.43. The zero-order valence-corrected chi connectivity index (χ0v) is 16.2. The smallest absolute Gasteiger partial charge is 0.321 e. The summed E-state index contributed by atoms with van der Waals surface area (Å²) < 4.78 is 0. The predicted molar refractivity (Wildman–Crippen MR) is 109 cm³/mol. The summed E-state index contributed by atoms with van der Waals surface area (Å²) in [5.74, 6) is 0.497. The van der Waals surface area contributed by atoms with Crippen LogP contribution in [0.4, 0.5) is 16.2 Å². The molecule has 26 heavy (non-hydrogen) atoms. The van der Waals surface area contributed by atoms with Crippen molar-refractivity contribution in [1.29, 1.82) is 0 Å². The lowest BCUT2D eigenvalue weighted by Gasteiger charge is -2.37. The normalized spacial score (nSPS) is 14.7. The third-order valence-electron chi connectivity index (χ3n) is 5.31. The number of urea groups is 1. The van der Waals surface area contributed by atoms with Crippen molar-refractivity contribution in [2.24, 2.45) is 0 Å². The summed E-state index contributed by atoms with van der Waals surface area (Å²) in [6.45, 7) is 11.8. The highest BCUT2D eigenvalue weighted by Crippen LogP contribution is 2.28. The lowest BCUT2D eigenvalue weighted by Crippen LogP contribution is -2.50. The summed E-state index contributed by atoms with van der Waals surface area (Å²) in [6.07, 6.45) is 0. The summed E-state index contributed by atoms with van der Waals surface area (Å²) >= 11 is 0. The van der Waals surface area contributed by atoms with Gasteiger partial charge in [0, 0.05) is 37.6 Å². The van der Waals surface area contributed by atoms with Crippen molar-refractivity contribution < 1.29 is 4.79 Å². The molecule has 2 aromatic carbocycles. The van der Waals surface area contributed by atoms with E-state index in [9.17, 15) is 4.79 Å². The van der Waals surface area contributed by atoms with Crippen LogP contribution >= 0.6 is 0 Å². The summed E-state index contributed by atoms with van der Waals surface area (Å²) in [6, 6.07) is 14.6. The van der Waals surface area contributed by atoms with E-state index in [-0.39, 0.29) is 6.03 Å². The van der Waals surface area contributed by atoms with Crippen LogP contribution in [0.3, 0.4) is 0 Å². The van der Waals surface area contributed by atoms with Gasteiger partial charge in [0.1, 0.15) is 0 Å². The van der Waals surface area contributed by atoms with Crippen molar-refractivity contribution in [3.63, 3.8) is 0 Å². The minimum Gasteiger partial charge on any atom is -0.368 e. The molecule has 3 rings (SSSR count). The highest BCUT2D eigenvalue weighted by Gasteiger charge is 2.23. The van der Waals surface area contributed by atoms with E-state index in [2.05, 4.69) is 61.3 Å². The number of carbonyl (C=O) groups is 1. The minimum atomic E-state index is -0.00417. The van der Waals surface area contributed by atoms with Crippen LogP contribution in [0.2, 0.25) is 0 Å². The van der Waals surface area contributed by atoms with Crippen molar-refractivity contribution in [2.75, 3.05) is 36.4 Å². The van der Waals surface area contributed by atoms with E-state index in [1.807, 2.05) is 24.0 Å². The van der Waals surface area contributed by atoms with E-state index in [1.165, 1.54) is 16.8 Å². The minimum absolute atomic E-state index is 0.00417. The Kier molecular flexibility index (Phi) is 5.50. The molecule has 1 saturated heterocycles. The monoisotopic (exact) mass is 351 g/mol. The molecule has 0 radical (unpaired) electrons. The largest absolute Gasteiger partial charge is 0.368 e. The zero-order valence-electron chi connectivity index (χ0n) is 16.2. The van der Waals surface area contributed by atoms with Crippen LogP contribution in [0.25, 0.3) is 0 Å². The molecule has 4 heteroatoms. The van der Waals surface area contributed by atoms with Gasteiger partial charge in [-0.3, -0.25) is 0 Å². The second-order valence-electron chi connectivity index (χ2n) is 7.37. The second kappa shape index (κ2) is 7.81. The number of aryl methyl sites for hydroxylation is 1. The quantitative estimate of drug-likeness (QED) is 0.864. The van der Waals surface area contributed by atoms with E-state index in [0.29, 0.717) is 5.92 Å². The molecule has 1 N–H and O–H groups in total. The van der Waals surface area contributed by atoms with Crippen LogP contribution < -0.4 is 10.2 Å². The molecule has 1 aliphatic heterocycles. The van der Waals surface area contributed by atoms with Gasteiger partial charge in [0.15, 0.2) is 0 Å². The van der Waals surface area contributed by atoms with Crippen LogP contribution in [0.1, 0.15) is 36.5 Å². The number of nitrogens with zero attached hydrogens (tertiary/aromatic N) is 2. The summed E-state index contributed by atoms with van der Waals surface area (Å²) in [7, 11) is 0. The van der Waals surface area contributed by atoms with Crippen molar-refractivity contribution in [1.82, 2.24) is 4.90 Å². The molecule has 2 amide bonds. The Hall–Kier alpha value is -2.49. The van der Waals surface area contributed by atoms with E-state index in [4.69, 9.17) is 0 Å². The van der Waals surface area contributed by atoms with Crippen molar-refractivity contribution >= 4 is 17.4 Å². The number of para-hydroxylation sites is 1. The maximum absolute atomic E-state index is 12.6. The Morgan fingerprint density at radius 2 is 1.65 bits per heavy atom. The molecule has 2 aromatic rings. The Morgan fingerprint density at radius 1 is 0.962 bits per heavy atom. The number of rotatable bonds is 3. The highest BCUT2D eigenvalue weighted by atomic mass is 16.2. The zero-order chi connectivity index (χ0) is 18.7. The van der Waals surface area contributed by atoms with Gasteiger partial charge in [-0.05, 0) is 48.6 Å². The first kappa shape index (κ1) is 18.3. The fourth-order valence-corrected chi connectivity index (χ4v) is 3.49. The van der Waals surface area contributed by atoms with Crippen molar-refractivity contribution in [2.45, 2.75) is 33.6 Å². The number of anilines is 2. The molecule has 0 unspecified atom stereocenters. The van der Waals surface area contributed by atoms with Gasteiger partial charge in [-0.2, -0.15) is 0 Å². The summed E-state index contributed by atoms with van der Waals surface area (Å²) in [4.78, 5) is 17.0. The van der Waals surface area contributed by atoms with Crippen molar-refractivity contribution in [3.05, 3.63) is 59.2 Å². The molecule has 1 heterocycles. The molecule has 0 aromatic heterocycles. The average Bonchev–Trinajstić information content (AvgIpc) is 2.65. The molecule has 0 atom stereocenters. The lowest BCUT2D eigenvalue weighted by atomic mass is 10.00. The Labute approximate surface area is 156 Å². The van der Waals surface area contributed by atoms with Gasteiger partial charge in [-0.1, -0.05) is 44.2 Å². The van der Waals surface area contributed by atoms with Crippen LogP contribution in [0.15, 0.2) is 42.5 Å². The van der Waals surface area contributed by atoms with Gasteiger partial charge >= 0.3 is 6.03 Å². The molecular formula is C22H29N3O. The number of hydrogen-bond donors (Lipinski definition) is 1. The Morgan fingerprint density at radius 3 is 2.35 bits per heavy atom. The van der Waals surface area contributed by atoms with Crippen LogP contribution in [0.5, 0.6) is 0 Å². The van der Waals surface area contributed by atoms with Gasteiger partial charge in [-0.15, -0.1) is 0 Å². The van der Waals surface area contributed by atoms with E-state index < -0.39 is 0 Å². The van der Waals surface area contributed by atoms with E-state index >= 15 is 0 Å². The van der Waals surface area contributed by atoms with Crippen LogP contribution in [-0.4, -0.2) is 37.1 Å². The number of benzene rings is 2. The third kappa shape index (κ3) is 3.85. The van der Waals surface area contributed by atoms with Crippen LogP contribution in [0, 0.1) is 13.8 Å². The number of hydrogen-bond acceptors (Lipinski definition) is 2. The number of amides is 2. The number of carbonyl (C=O) groups excluding carboxylic acids is 1. The molecular weight excluding hydrogens is 322 g/mol. The number of nitrogens with one attached hydrogen (secondary N) is 1. The lowest BCUT2D eigenvalue weighted by molar-refractivity contribution is 0.208. The Balaban J connectivity index is 1.63. The first-order valence-corrected chi connectivity index (χ1v) is 9.43. The fraction of sp³-hybridized carbons (Fsp3) is 0.409. The second-order valence-corrected chi connectivity index (χ2v) is 7.37. The van der Waals surface area contributed by atoms with Gasteiger partial charge in [0.05, 0.1) is 0 Å². The van der Waals surface area contributed by atoms with Gasteiger partial charge in [-0.25, -0.2) is 4.79 Å². The van der Waals surface area contributed by atoms with Crippen LogP contribution in [-0.2, 0) is 0 Å². The van der Waals surface area contributed by atoms with Gasteiger partial charge in [0.2, 0.25) is 0 Å².